The average molecular weight is 171 g/mol. The van der Waals surface area contributed by atoms with Gasteiger partial charge in [0.15, 0.2) is 0 Å². The molecule has 0 bridgehead atoms. The first-order valence-electron chi connectivity index (χ1n) is 0.613. The minimum absolute atomic E-state index is 0. The van der Waals surface area contributed by atoms with Crippen molar-refractivity contribution in [2.45, 2.75) is 0 Å². The number of halogens is 1. The molecular formula is HClNNiP2-. The van der Waals surface area contributed by atoms with E-state index in [1.54, 1.807) is 0 Å². The molecule has 0 aliphatic rings. The van der Waals surface area contributed by atoms with E-state index >= 15 is 0 Å². The molecule has 34 valence electrons. The largest absolute Gasteiger partial charge is 0.779 e. The molecule has 1 atom stereocenters. The summed E-state index contributed by atoms with van der Waals surface area (Å²) in [6.45, 7) is 0. The van der Waals surface area contributed by atoms with Crippen molar-refractivity contribution in [1.82, 2.24) is 0 Å². The third-order valence-corrected chi connectivity index (χ3v) is 1.02. The van der Waals surface area contributed by atoms with E-state index in [2.05, 4.69) is 0 Å². The van der Waals surface area contributed by atoms with Gasteiger partial charge in [0.05, 0.1) is 0 Å². The molecule has 0 aromatic rings. The molecule has 0 saturated carbocycles. The Balaban J connectivity index is 0. The molecule has 0 aliphatic heterocycles. The summed E-state index contributed by atoms with van der Waals surface area (Å²) in [4.78, 5) is 0. The first-order chi connectivity index (χ1) is 1.91. The van der Waals surface area contributed by atoms with Gasteiger partial charge >= 0.3 is 0 Å². The predicted octanol–water partition coefficient (Wildman–Crippen LogP) is 2.43. The maximum absolute atomic E-state index is 7.73. The van der Waals surface area contributed by atoms with Crippen LogP contribution in [0.25, 0.3) is 5.16 Å². The van der Waals surface area contributed by atoms with Crippen LogP contribution in [0.15, 0.2) is 0 Å². The molecule has 5 heteroatoms. The van der Waals surface area contributed by atoms with Crippen molar-refractivity contribution >= 4 is 26.9 Å². The quantitative estimate of drug-likeness (QED) is 0.427. The van der Waals surface area contributed by atoms with Gasteiger partial charge in [0.25, 0.3) is 0 Å². The molecule has 0 aliphatic carbocycles. The van der Waals surface area contributed by atoms with Gasteiger partial charge in [-0.25, -0.2) is 8.06 Å². The zero-order chi connectivity index (χ0) is 3.41. The summed E-state index contributed by atoms with van der Waals surface area (Å²) in [6, 6.07) is 0. The minimum Gasteiger partial charge on any atom is -0.779 e. The smallest absolute Gasteiger partial charge is 0.00442 e. The van der Waals surface area contributed by atoms with E-state index in [-0.39, 0.29) is 24.1 Å². The van der Waals surface area contributed by atoms with Gasteiger partial charge in [-0.3, -0.25) is 0 Å². The van der Waals surface area contributed by atoms with Crippen molar-refractivity contribution in [2.75, 3.05) is 0 Å². The Labute approximate surface area is 48.9 Å². The minimum atomic E-state index is 0. The topological polar surface area (TPSA) is 22.3 Å². The summed E-state index contributed by atoms with van der Waals surface area (Å²) in [5.41, 5.74) is 0. The molecule has 0 rings (SSSR count). The SMILES string of the molecule is [N-]=PPCl.[Ni]. The molecule has 0 N–H and O–H groups in total. The number of hydrogen-bond acceptors (Lipinski definition) is 0. The van der Waals surface area contributed by atoms with Gasteiger partial charge in [-0.15, -0.1) is 0 Å². The first kappa shape index (κ1) is 9.58. The Morgan fingerprint density at radius 1 is 1.80 bits per heavy atom. The molecule has 0 amide bonds. The van der Waals surface area contributed by atoms with Crippen LogP contribution in [-0.2, 0) is 16.5 Å². The standard InChI is InChI=1S/ClHNP2.Ni/c1-3-4-2;/h3H;/q-1;. The third-order valence-electron chi connectivity index (χ3n) is 0.0378. The Hall–Kier alpha value is 1.31. The fourth-order valence-corrected chi connectivity index (χ4v) is 0. The molecule has 0 radical (unpaired) electrons. The summed E-state index contributed by atoms with van der Waals surface area (Å²) in [5, 5.41) is 7.73. The van der Waals surface area contributed by atoms with Crippen molar-refractivity contribution < 1.29 is 16.5 Å². The maximum Gasteiger partial charge on any atom is 0.00442 e. The molecule has 0 spiro atoms. The van der Waals surface area contributed by atoms with E-state index < -0.39 is 0 Å². The summed E-state index contributed by atoms with van der Waals surface area (Å²) in [7, 11) is 0.432. The van der Waals surface area contributed by atoms with E-state index in [1.807, 2.05) is 0 Å². The molecule has 0 aromatic carbocycles. The Bertz CT molecular complexity index is 23.6. The fourth-order valence-electron chi connectivity index (χ4n) is 0. The normalized spacial score (nSPS) is 9.00. The van der Waals surface area contributed by atoms with Crippen LogP contribution in [0.2, 0.25) is 0 Å². The van der Waals surface area contributed by atoms with E-state index in [0.717, 1.165) is 0 Å². The van der Waals surface area contributed by atoms with Crippen molar-refractivity contribution in [3.8, 4) is 0 Å². The van der Waals surface area contributed by atoms with E-state index in [1.165, 1.54) is 0 Å². The van der Waals surface area contributed by atoms with Crippen molar-refractivity contribution in [2.24, 2.45) is 0 Å². The zero-order valence-corrected chi connectivity index (χ0v) is 5.73. The second-order valence-electron chi connectivity index (χ2n) is 0.185. The fraction of sp³-hybridized carbons (Fsp3) is 0. The summed E-state index contributed by atoms with van der Waals surface area (Å²) >= 11 is 4.95. The second kappa shape index (κ2) is 9.00. The maximum atomic E-state index is 7.73. The molecule has 0 heterocycles. The van der Waals surface area contributed by atoms with Gasteiger partial charge in [-0.2, -0.15) is 0 Å². The molecule has 1 unspecified atom stereocenters. The van der Waals surface area contributed by atoms with Crippen LogP contribution in [0.4, 0.5) is 0 Å². The van der Waals surface area contributed by atoms with Gasteiger partial charge in [0.1, 0.15) is 0 Å². The molecule has 0 fully saturated rings. The molecule has 5 heavy (non-hydrogen) atoms. The van der Waals surface area contributed by atoms with E-state index in [4.69, 9.17) is 16.4 Å². The summed E-state index contributed by atoms with van der Waals surface area (Å²) in [5.74, 6) is 0. The van der Waals surface area contributed by atoms with Crippen LogP contribution >= 0.6 is 26.9 Å². The predicted molar refractivity (Wildman–Crippen MR) is 24.4 cm³/mol. The Morgan fingerprint density at radius 3 is 2.00 bits per heavy atom. The van der Waals surface area contributed by atoms with Gasteiger partial charge < -0.3 is 5.16 Å². The van der Waals surface area contributed by atoms with Gasteiger partial charge in [-0.05, 0) is 0 Å². The van der Waals surface area contributed by atoms with Crippen LogP contribution in [0.1, 0.15) is 0 Å². The Kier molecular flexibility index (Phi) is 17.3. The van der Waals surface area contributed by atoms with Crippen LogP contribution in [0, 0.1) is 0 Å². The summed E-state index contributed by atoms with van der Waals surface area (Å²) < 4.78 is 0. The van der Waals surface area contributed by atoms with E-state index in [0.29, 0.717) is 8.06 Å². The van der Waals surface area contributed by atoms with Gasteiger partial charge in [0, 0.05) is 24.1 Å². The molecule has 0 saturated heterocycles. The second-order valence-corrected chi connectivity index (χ2v) is 3.18. The van der Waals surface area contributed by atoms with Crippen LogP contribution in [0.5, 0.6) is 0 Å². The van der Waals surface area contributed by atoms with Gasteiger partial charge in [0.2, 0.25) is 0 Å². The van der Waals surface area contributed by atoms with Crippen molar-refractivity contribution in [3.63, 3.8) is 0 Å². The molecule has 0 aromatic heterocycles. The van der Waals surface area contributed by atoms with Crippen LogP contribution in [-0.4, -0.2) is 0 Å². The Morgan fingerprint density at radius 2 is 2.00 bits per heavy atom. The van der Waals surface area contributed by atoms with Crippen LogP contribution < -0.4 is 0 Å². The molecular weight excluding hydrogens is 170 g/mol. The monoisotopic (exact) mass is 170 g/mol. The van der Waals surface area contributed by atoms with Crippen molar-refractivity contribution in [1.29, 1.82) is 0 Å². The number of rotatable bonds is 1. The number of hydrogen-bond donors (Lipinski definition) is 0. The van der Waals surface area contributed by atoms with Gasteiger partial charge in [-0.1, -0.05) is 11.2 Å². The van der Waals surface area contributed by atoms with E-state index in [9.17, 15) is 0 Å². The number of nitrogens with zero attached hydrogens (tertiary/aromatic N) is 1. The molecule has 1 nitrogen and oxygen atoms in total. The van der Waals surface area contributed by atoms with Crippen LogP contribution in [0.3, 0.4) is 0 Å². The van der Waals surface area contributed by atoms with Crippen molar-refractivity contribution in [3.05, 3.63) is 5.16 Å². The first-order valence-corrected chi connectivity index (χ1v) is 4.31. The summed E-state index contributed by atoms with van der Waals surface area (Å²) in [6.07, 6.45) is 0. The third kappa shape index (κ3) is 10.9. The average Bonchev–Trinajstić information content (AvgIpc) is 1.37. The zero-order valence-electron chi connectivity index (χ0n) is 2.09.